The van der Waals surface area contributed by atoms with Crippen LogP contribution in [0.25, 0.3) is 28.2 Å². The average molecular weight is 529 g/mol. The van der Waals surface area contributed by atoms with Gasteiger partial charge in [-0.2, -0.15) is 0 Å². The first-order valence-corrected chi connectivity index (χ1v) is 12.2. The minimum atomic E-state index is -4.75. The molecule has 0 aliphatic carbocycles. The van der Waals surface area contributed by atoms with Gasteiger partial charge < -0.3 is 10.1 Å². The molecule has 0 saturated carbocycles. The number of carbonyl (C=O) groups is 1. The lowest BCUT2D eigenvalue weighted by Gasteiger charge is -2.10. The highest BCUT2D eigenvalue weighted by Crippen LogP contribution is 2.26. The second-order valence-corrected chi connectivity index (χ2v) is 8.68. The summed E-state index contributed by atoms with van der Waals surface area (Å²) in [4.78, 5) is 17.2. The molecule has 0 aliphatic rings. The van der Waals surface area contributed by atoms with Gasteiger partial charge >= 0.3 is 6.36 Å². The quantitative estimate of drug-likeness (QED) is 0.240. The molecule has 0 saturated heterocycles. The third-order valence-corrected chi connectivity index (χ3v) is 6.06. The Labute approximate surface area is 222 Å². The second-order valence-electron chi connectivity index (χ2n) is 8.68. The van der Waals surface area contributed by atoms with Crippen LogP contribution in [-0.4, -0.2) is 27.0 Å². The molecule has 0 unspecified atom stereocenters. The minimum absolute atomic E-state index is 0.223. The van der Waals surface area contributed by atoms with Gasteiger partial charge in [0.25, 0.3) is 5.91 Å². The molecule has 5 rings (SSSR count). The zero-order valence-electron chi connectivity index (χ0n) is 20.8. The van der Waals surface area contributed by atoms with E-state index in [2.05, 4.69) is 39.2 Å². The van der Waals surface area contributed by atoms with Gasteiger partial charge in [0.1, 0.15) is 12.1 Å². The number of hydrogen-bond acceptors (Lipinski definition) is 4. The molecule has 196 valence electrons. The van der Waals surface area contributed by atoms with Gasteiger partial charge in [0.15, 0.2) is 5.82 Å². The lowest BCUT2D eigenvalue weighted by Crippen LogP contribution is -2.17. The van der Waals surface area contributed by atoms with Gasteiger partial charge in [-0.1, -0.05) is 43.3 Å². The summed E-state index contributed by atoms with van der Waals surface area (Å²) in [5, 5.41) is 7.32. The maximum atomic E-state index is 13.0. The van der Waals surface area contributed by atoms with E-state index < -0.39 is 6.36 Å². The number of ether oxygens (including phenoxy) is 1. The molecule has 0 bridgehead atoms. The second kappa shape index (κ2) is 10.8. The Hall–Kier alpha value is -4.92. The standard InChI is InChI=1S/C30H23F3N4O2/c1-2-20-6-3-4-9-27(20)22-7-5-8-23(18-22)29(38)35-24-12-10-21(11-13-24)28-34-19-37(36-28)25-14-16-26(17-15-25)39-30(31,32)33/h3-19H,2H2,1H3,(H,35,38). The number of nitrogens with zero attached hydrogens (tertiary/aromatic N) is 3. The largest absolute Gasteiger partial charge is 0.573 e. The van der Waals surface area contributed by atoms with Crippen molar-refractivity contribution in [2.75, 3.05) is 5.32 Å². The van der Waals surface area contributed by atoms with Crippen LogP contribution in [0.3, 0.4) is 0 Å². The zero-order chi connectivity index (χ0) is 27.4. The summed E-state index contributed by atoms with van der Waals surface area (Å²) >= 11 is 0. The molecule has 0 fully saturated rings. The number of nitrogens with one attached hydrogen (secondary N) is 1. The van der Waals surface area contributed by atoms with Crippen molar-refractivity contribution in [2.24, 2.45) is 0 Å². The number of anilines is 1. The van der Waals surface area contributed by atoms with Crippen molar-refractivity contribution in [3.63, 3.8) is 0 Å². The van der Waals surface area contributed by atoms with Crippen molar-refractivity contribution in [1.29, 1.82) is 0 Å². The van der Waals surface area contributed by atoms with Crippen LogP contribution >= 0.6 is 0 Å². The van der Waals surface area contributed by atoms with Crippen LogP contribution in [0.5, 0.6) is 5.75 Å². The SMILES string of the molecule is CCc1ccccc1-c1cccc(C(=O)Nc2ccc(-c3ncn(-c4ccc(OC(F)(F)F)cc4)n3)cc2)c1. The van der Waals surface area contributed by atoms with Crippen molar-refractivity contribution >= 4 is 11.6 Å². The van der Waals surface area contributed by atoms with Crippen molar-refractivity contribution in [2.45, 2.75) is 19.7 Å². The molecular formula is C30H23F3N4O2. The summed E-state index contributed by atoms with van der Waals surface area (Å²) in [7, 11) is 0. The van der Waals surface area contributed by atoms with E-state index in [0.29, 0.717) is 28.3 Å². The van der Waals surface area contributed by atoms with E-state index >= 15 is 0 Å². The van der Waals surface area contributed by atoms with Gasteiger partial charge in [0.05, 0.1) is 5.69 Å². The lowest BCUT2D eigenvalue weighted by atomic mass is 9.96. The Balaban J connectivity index is 1.27. The molecule has 4 aromatic carbocycles. The Morgan fingerprint density at radius 3 is 2.36 bits per heavy atom. The highest BCUT2D eigenvalue weighted by Gasteiger charge is 2.31. The minimum Gasteiger partial charge on any atom is -0.406 e. The van der Waals surface area contributed by atoms with E-state index in [0.717, 1.165) is 17.5 Å². The maximum Gasteiger partial charge on any atom is 0.573 e. The number of carbonyl (C=O) groups excluding carboxylic acids is 1. The Bertz CT molecular complexity index is 1590. The Kier molecular flexibility index (Phi) is 7.14. The monoisotopic (exact) mass is 528 g/mol. The molecule has 0 atom stereocenters. The highest BCUT2D eigenvalue weighted by molar-refractivity contribution is 6.05. The first kappa shape index (κ1) is 25.7. The molecule has 1 N–H and O–H groups in total. The van der Waals surface area contributed by atoms with Crippen LogP contribution in [0, 0.1) is 0 Å². The van der Waals surface area contributed by atoms with Gasteiger partial charge in [-0.05, 0) is 83.8 Å². The first-order chi connectivity index (χ1) is 18.8. The summed E-state index contributed by atoms with van der Waals surface area (Å²) in [6, 6.07) is 28.1. The van der Waals surface area contributed by atoms with Crippen molar-refractivity contribution in [1.82, 2.24) is 14.8 Å². The van der Waals surface area contributed by atoms with Crippen LogP contribution in [0.15, 0.2) is 103 Å². The van der Waals surface area contributed by atoms with Crippen LogP contribution in [0.1, 0.15) is 22.8 Å². The van der Waals surface area contributed by atoms with Gasteiger partial charge in [-0.3, -0.25) is 4.79 Å². The molecule has 1 aromatic heterocycles. The fourth-order valence-electron chi connectivity index (χ4n) is 4.16. The van der Waals surface area contributed by atoms with E-state index in [1.807, 2.05) is 30.3 Å². The molecule has 5 aromatic rings. The molecule has 0 aliphatic heterocycles. The number of aryl methyl sites for hydroxylation is 1. The summed E-state index contributed by atoms with van der Waals surface area (Å²) in [6.07, 6.45) is -2.39. The van der Waals surface area contributed by atoms with Crippen molar-refractivity contribution < 1.29 is 22.7 Å². The average Bonchev–Trinajstić information content (AvgIpc) is 3.43. The van der Waals surface area contributed by atoms with Gasteiger partial charge in [-0.25, -0.2) is 9.67 Å². The van der Waals surface area contributed by atoms with Crippen LogP contribution < -0.4 is 10.1 Å². The summed E-state index contributed by atoms with van der Waals surface area (Å²) in [6.45, 7) is 2.10. The summed E-state index contributed by atoms with van der Waals surface area (Å²) < 4.78 is 42.5. The van der Waals surface area contributed by atoms with Gasteiger partial charge in [0, 0.05) is 16.8 Å². The third kappa shape index (κ3) is 6.15. The molecular weight excluding hydrogens is 505 g/mol. The van der Waals surface area contributed by atoms with E-state index in [1.165, 1.54) is 40.8 Å². The molecule has 1 heterocycles. The summed E-state index contributed by atoms with van der Waals surface area (Å²) in [5.41, 5.74) is 5.71. The molecule has 0 radical (unpaired) electrons. The lowest BCUT2D eigenvalue weighted by molar-refractivity contribution is -0.274. The molecule has 6 nitrogen and oxygen atoms in total. The third-order valence-electron chi connectivity index (χ3n) is 6.06. The van der Waals surface area contributed by atoms with Crippen LogP contribution in [-0.2, 0) is 6.42 Å². The first-order valence-electron chi connectivity index (χ1n) is 12.2. The van der Waals surface area contributed by atoms with E-state index in [-0.39, 0.29) is 11.7 Å². The van der Waals surface area contributed by atoms with E-state index in [1.54, 1.807) is 30.3 Å². The number of hydrogen-bond donors (Lipinski definition) is 1. The van der Waals surface area contributed by atoms with Crippen molar-refractivity contribution in [3.05, 3.63) is 115 Å². The number of amides is 1. The topological polar surface area (TPSA) is 69.0 Å². The highest BCUT2D eigenvalue weighted by atomic mass is 19.4. The van der Waals surface area contributed by atoms with Gasteiger partial charge in [-0.15, -0.1) is 18.3 Å². The molecule has 0 spiro atoms. The molecule has 1 amide bonds. The number of benzene rings is 4. The fraction of sp³-hybridized carbons (Fsp3) is 0.100. The van der Waals surface area contributed by atoms with Crippen LogP contribution in [0.4, 0.5) is 18.9 Å². The summed E-state index contributed by atoms with van der Waals surface area (Å²) in [5.74, 6) is -0.119. The molecule has 9 heteroatoms. The maximum absolute atomic E-state index is 13.0. The number of alkyl halides is 3. The number of halogens is 3. The Morgan fingerprint density at radius 1 is 0.897 bits per heavy atom. The predicted molar refractivity (Wildman–Crippen MR) is 143 cm³/mol. The fourth-order valence-corrected chi connectivity index (χ4v) is 4.16. The predicted octanol–water partition coefficient (Wildman–Crippen LogP) is 7.31. The van der Waals surface area contributed by atoms with E-state index in [4.69, 9.17) is 0 Å². The van der Waals surface area contributed by atoms with E-state index in [9.17, 15) is 18.0 Å². The smallest absolute Gasteiger partial charge is 0.406 e. The number of aromatic nitrogens is 3. The number of rotatable bonds is 7. The van der Waals surface area contributed by atoms with Crippen molar-refractivity contribution in [3.8, 4) is 34.0 Å². The zero-order valence-corrected chi connectivity index (χ0v) is 20.8. The normalized spacial score (nSPS) is 11.3. The molecule has 39 heavy (non-hydrogen) atoms. The van der Waals surface area contributed by atoms with Gasteiger partial charge in [0.2, 0.25) is 0 Å². The van der Waals surface area contributed by atoms with Crippen LogP contribution in [0.2, 0.25) is 0 Å². The Morgan fingerprint density at radius 2 is 1.64 bits per heavy atom.